The third kappa shape index (κ3) is 4.26. The third-order valence-electron chi connectivity index (χ3n) is 6.91. The summed E-state index contributed by atoms with van der Waals surface area (Å²) in [5.41, 5.74) is 0.117. The van der Waals surface area contributed by atoms with E-state index in [0.717, 1.165) is 24.2 Å². The normalized spacial score (nSPS) is 27.0. The number of nitrogens with zero attached hydrogens (tertiary/aromatic N) is 2. The molecular weight excluding hydrogens is 398 g/mol. The fraction of sp³-hybridized carbons (Fsp3) is 0.609. The lowest BCUT2D eigenvalue weighted by Gasteiger charge is -2.39. The fourth-order valence-corrected chi connectivity index (χ4v) is 4.88. The SMILES string of the molecule is COc1ccc(CCN2C(=O)NC(C)(C3CCN(C(=O)C4CCCO4)CC3)C2=O)cc1. The molecule has 0 bridgehead atoms. The lowest BCUT2D eigenvalue weighted by Crippen LogP contribution is -2.55. The Labute approximate surface area is 182 Å². The van der Waals surface area contributed by atoms with Crippen molar-refractivity contribution < 1.29 is 23.9 Å². The minimum Gasteiger partial charge on any atom is -0.497 e. The fourth-order valence-electron chi connectivity index (χ4n) is 4.88. The number of likely N-dealkylation sites (tertiary alicyclic amines) is 1. The molecule has 3 aliphatic rings. The smallest absolute Gasteiger partial charge is 0.325 e. The molecule has 0 saturated carbocycles. The highest BCUT2D eigenvalue weighted by molar-refractivity contribution is 6.07. The van der Waals surface area contributed by atoms with Gasteiger partial charge in [-0.05, 0) is 62.6 Å². The molecule has 4 rings (SSSR count). The topological polar surface area (TPSA) is 88.2 Å². The second-order valence-electron chi connectivity index (χ2n) is 8.79. The van der Waals surface area contributed by atoms with Crippen LogP contribution in [0.4, 0.5) is 4.79 Å². The number of hydrogen-bond acceptors (Lipinski definition) is 5. The van der Waals surface area contributed by atoms with Crippen molar-refractivity contribution in [1.82, 2.24) is 15.1 Å². The Hall–Kier alpha value is -2.61. The van der Waals surface area contributed by atoms with E-state index < -0.39 is 5.54 Å². The summed E-state index contributed by atoms with van der Waals surface area (Å²) in [7, 11) is 1.62. The first-order chi connectivity index (χ1) is 14.9. The summed E-state index contributed by atoms with van der Waals surface area (Å²) >= 11 is 0. The summed E-state index contributed by atoms with van der Waals surface area (Å²) in [5, 5.41) is 2.94. The molecule has 31 heavy (non-hydrogen) atoms. The van der Waals surface area contributed by atoms with Crippen LogP contribution >= 0.6 is 0 Å². The number of nitrogens with one attached hydrogen (secondary N) is 1. The quantitative estimate of drug-likeness (QED) is 0.699. The molecule has 1 aromatic carbocycles. The second kappa shape index (κ2) is 8.86. The van der Waals surface area contributed by atoms with Crippen LogP contribution in [0.1, 0.15) is 38.2 Å². The van der Waals surface area contributed by atoms with Crippen molar-refractivity contribution >= 4 is 17.8 Å². The molecule has 4 amide bonds. The van der Waals surface area contributed by atoms with Crippen LogP contribution in [0.15, 0.2) is 24.3 Å². The molecule has 3 aliphatic heterocycles. The second-order valence-corrected chi connectivity index (χ2v) is 8.79. The number of amides is 4. The Morgan fingerprint density at radius 3 is 2.52 bits per heavy atom. The molecule has 1 N–H and O–H groups in total. The molecule has 2 unspecified atom stereocenters. The van der Waals surface area contributed by atoms with Crippen LogP contribution < -0.4 is 10.1 Å². The number of ether oxygens (including phenoxy) is 2. The zero-order valence-corrected chi connectivity index (χ0v) is 18.3. The zero-order chi connectivity index (χ0) is 22.0. The Morgan fingerprint density at radius 2 is 1.90 bits per heavy atom. The van der Waals surface area contributed by atoms with Crippen molar-refractivity contribution in [2.24, 2.45) is 5.92 Å². The van der Waals surface area contributed by atoms with E-state index in [4.69, 9.17) is 9.47 Å². The van der Waals surface area contributed by atoms with E-state index in [1.54, 1.807) is 7.11 Å². The maximum Gasteiger partial charge on any atom is 0.325 e. The summed E-state index contributed by atoms with van der Waals surface area (Å²) < 4.78 is 10.7. The highest BCUT2D eigenvalue weighted by atomic mass is 16.5. The third-order valence-corrected chi connectivity index (χ3v) is 6.91. The van der Waals surface area contributed by atoms with Crippen molar-refractivity contribution in [3.63, 3.8) is 0 Å². The van der Waals surface area contributed by atoms with Gasteiger partial charge in [0.05, 0.1) is 7.11 Å². The molecule has 0 aromatic heterocycles. The molecule has 8 nitrogen and oxygen atoms in total. The molecule has 0 aliphatic carbocycles. The molecule has 8 heteroatoms. The number of methoxy groups -OCH3 is 1. The average molecular weight is 430 g/mol. The van der Waals surface area contributed by atoms with Gasteiger partial charge in [0, 0.05) is 26.2 Å². The van der Waals surface area contributed by atoms with Gasteiger partial charge in [-0.15, -0.1) is 0 Å². The summed E-state index contributed by atoms with van der Waals surface area (Å²) in [4.78, 5) is 41.6. The first kappa shape index (κ1) is 21.6. The molecule has 3 heterocycles. The van der Waals surface area contributed by atoms with Crippen LogP contribution in [0.2, 0.25) is 0 Å². The lowest BCUT2D eigenvalue weighted by molar-refractivity contribution is -0.143. The molecule has 3 saturated heterocycles. The van der Waals surface area contributed by atoms with Gasteiger partial charge in [-0.1, -0.05) is 12.1 Å². The predicted octanol–water partition coefficient (Wildman–Crippen LogP) is 1.97. The summed E-state index contributed by atoms with van der Waals surface area (Å²) in [5.74, 6) is 0.665. The lowest BCUT2D eigenvalue weighted by atomic mass is 9.78. The van der Waals surface area contributed by atoms with Gasteiger partial charge < -0.3 is 19.7 Å². The number of piperidine rings is 1. The van der Waals surface area contributed by atoms with Crippen molar-refractivity contribution in [3.05, 3.63) is 29.8 Å². The van der Waals surface area contributed by atoms with Gasteiger partial charge in [0.1, 0.15) is 17.4 Å². The van der Waals surface area contributed by atoms with Gasteiger partial charge in [0.15, 0.2) is 0 Å². The first-order valence-corrected chi connectivity index (χ1v) is 11.1. The molecule has 3 fully saturated rings. The van der Waals surface area contributed by atoms with Crippen LogP contribution in [-0.4, -0.2) is 72.6 Å². The molecule has 0 radical (unpaired) electrons. The molecule has 0 spiro atoms. The van der Waals surface area contributed by atoms with E-state index in [1.807, 2.05) is 36.1 Å². The van der Waals surface area contributed by atoms with Crippen LogP contribution in [-0.2, 0) is 20.7 Å². The van der Waals surface area contributed by atoms with E-state index in [2.05, 4.69) is 5.32 Å². The van der Waals surface area contributed by atoms with Gasteiger partial charge in [0.2, 0.25) is 0 Å². The van der Waals surface area contributed by atoms with Gasteiger partial charge >= 0.3 is 6.03 Å². The Balaban J connectivity index is 1.34. The molecule has 1 aromatic rings. The van der Waals surface area contributed by atoms with Crippen LogP contribution in [0.3, 0.4) is 0 Å². The Kier molecular flexibility index (Phi) is 6.18. The number of carbonyl (C=O) groups is 3. The van der Waals surface area contributed by atoms with Crippen LogP contribution in [0.25, 0.3) is 0 Å². The highest BCUT2D eigenvalue weighted by Gasteiger charge is 2.52. The molecule has 168 valence electrons. The van der Waals surface area contributed by atoms with Gasteiger partial charge in [-0.25, -0.2) is 4.79 Å². The van der Waals surface area contributed by atoms with Crippen molar-refractivity contribution in [1.29, 1.82) is 0 Å². The number of benzene rings is 1. The number of imide groups is 1. The minimum absolute atomic E-state index is 0.00322. The van der Waals surface area contributed by atoms with Crippen molar-refractivity contribution in [2.45, 2.75) is 50.7 Å². The number of hydrogen-bond donors (Lipinski definition) is 1. The number of urea groups is 1. The van der Waals surface area contributed by atoms with E-state index in [1.165, 1.54) is 4.90 Å². The van der Waals surface area contributed by atoms with Crippen molar-refractivity contribution in [3.8, 4) is 5.75 Å². The zero-order valence-electron chi connectivity index (χ0n) is 18.3. The van der Waals surface area contributed by atoms with E-state index in [0.29, 0.717) is 45.5 Å². The number of carbonyl (C=O) groups excluding carboxylic acids is 3. The Bertz CT molecular complexity index is 828. The molecule has 2 atom stereocenters. The van der Waals surface area contributed by atoms with E-state index >= 15 is 0 Å². The standard InChI is InChI=1S/C23H31N3O5/c1-23(17-10-12-25(13-11-17)20(27)19-4-3-15-31-19)21(28)26(22(29)24-23)14-9-16-5-7-18(30-2)8-6-16/h5-8,17,19H,3-4,9-15H2,1-2H3,(H,24,29). The largest absolute Gasteiger partial charge is 0.497 e. The van der Waals surface area contributed by atoms with Crippen LogP contribution in [0, 0.1) is 5.92 Å². The summed E-state index contributed by atoms with van der Waals surface area (Å²) in [6.07, 6.45) is 3.37. The predicted molar refractivity (Wildman–Crippen MR) is 114 cm³/mol. The van der Waals surface area contributed by atoms with Gasteiger partial charge in [-0.2, -0.15) is 0 Å². The van der Waals surface area contributed by atoms with Gasteiger partial charge in [0.25, 0.3) is 11.8 Å². The first-order valence-electron chi connectivity index (χ1n) is 11.1. The monoisotopic (exact) mass is 429 g/mol. The maximum atomic E-state index is 13.2. The molecular formula is C23H31N3O5. The highest BCUT2D eigenvalue weighted by Crippen LogP contribution is 2.34. The average Bonchev–Trinajstić information content (AvgIpc) is 3.40. The summed E-state index contributed by atoms with van der Waals surface area (Å²) in [6.45, 7) is 3.99. The van der Waals surface area contributed by atoms with E-state index in [-0.39, 0.29) is 29.9 Å². The van der Waals surface area contributed by atoms with Gasteiger partial charge in [-0.3, -0.25) is 14.5 Å². The maximum absolute atomic E-state index is 13.2. The van der Waals surface area contributed by atoms with Crippen molar-refractivity contribution in [2.75, 3.05) is 33.4 Å². The van der Waals surface area contributed by atoms with E-state index in [9.17, 15) is 14.4 Å². The minimum atomic E-state index is -0.921. The number of rotatable bonds is 6. The van der Waals surface area contributed by atoms with Crippen LogP contribution in [0.5, 0.6) is 5.75 Å². The summed E-state index contributed by atoms with van der Waals surface area (Å²) in [6, 6.07) is 7.29. The Morgan fingerprint density at radius 1 is 1.19 bits per heavy atom.